The van der Waals surface area contributed by atoms with Gasteiger partial charge in [-0.05, 0) is 60.5 Å². The highest BCUT2D eigenvalue weighted by molar-refractivity contribution is 5.96. The molecule has 0 atom stereocenters. The third-order valence-corrected chi connectivity index (χ3v) is 4.78. The normalized spacial score (nSPS) is 12.7. The predicted molar refractivity (Wildman–Crippen MR) is 120 cm³/mol. The summed E-state index contributed by atoms with van der Waals surface area (Å²) in [6, 6.07) is 11.4. The zero-order valence-corrected chi connectivity index (χ0v) is 19.5. The van der Waals surface area contributed by atoms with Crippen molar-refractivity contribution in [1.82, 2.24) is 25.5 Å². The van der Waals surface area contributed by atoms with Crippen LogP contribution < -0.4 is 5.32 Å². The van der Waals surface area contributed by atoms with Crippen LogP contribution in [0.4, 0.5) is 8.78 Å². The van der Waals surface area contributed by atoms with Crippen molar-refractivity contribution in [2.24, 2.45) is 0 Å². The van der Waals surface area contributed by atoms with E-state index in [4.69, 9.17) is 0 Å². The number of rotatable bonds is 4. The summed E-state index contributed by atoms with van der Waals surface area (Å²) >= 11 is 0. The van der Waals surface area contributed by atoms with Crippen LogP contribution in [-0.2, 0) is 11.3 Å². The molecule has 0 radical (unpaired) electrons. The monoisotopic (exact) mass is 441 g/mol. The molecule has 0 fully saturated rings. The SMILES string of the molecule is CC(C)(C)NC(=O)c1cc(-c2ccc(C(C)(F)F)cc2)cc(-n2nnnc2C(C)(C)C)c1. The molecular formula is C24H29F2N5O. The number of nitrogens with one attached hydrogen (secondary N) is 1. The molecule has 1 N–H and O–H groups in total. The number of alkyl halides is 2. The van der Waals surface area contributed by atoms with Gasteiger partial charge in [0, 0.05) is 29.0 Å². The Balaban J connectivity index is 2.16. The van der Waals surface area contributed by atoms with E-state index in [9.17, 15) is 13.6 Å². The summed E-state index contributed by atoms with van der Waals surface area (Å²) in [5.74, 6) is -2.54. The predicted octanol–water partition coefficient (Wildman–Crippen LogP) is 5.27. The van der Waals surface area contributed by atoms with Gasteiger partial charge in [-0.1, -0.05) is 45.0 Å². The van der Waals surface area contributed by atoms with Gasteiger partial charge in [0.1, 0.15) is 0 Å². The standard InChI is InChI=1S/C24H29F2N5O/c1-22(2,3)21-28-29-30-31(21)19-13-16(12-17(14-19)20(32)27-23(4,5)6)15-8-10-18(11-9-15)24(7,25)26/h8-14H,1-7H3,(H,27,32). The molecule has 170 valence electrons. The van der Waals surface area contributed by atoms with E-state index in [-0.39, 0.29) is 16.9 Å². The number of hydrogen-bond acceptors (Lipinski definition) is 4. The minimum atomic E-state index is -2.92. The van der Waals surface area contributed by atoms with E-state index >= 15 is 0 Å². The zero-order chi connectivity index (χ0) is 23.9. The summed E-state index contributed by atoms with van der Waals surface area (Å²) in [5, 5.41) is 15.1. The van der Waals surface area contributed by atoms with E-state index in [1.54, 1.807) is 28.9 Å². The zero-order valence-electron chi connectivity index (χ0n) is 19.5. The van der Waals surface area contributed by atoms with Crippen LogP contribution in [0, 0.1) is 0 Å². The number of aromatic nitrogens is 4. The molecular weight excluding hydrogens is 412 g/mol. The maximum atomic E-state index is 13.6. The van der Waals surface area contributed by atoms with Crippen molar-refractivity contribution in [2.45, 2.75) is 65.3 Å². The minimum Gasteiger partial charge on any atom is -0.347 e. The molecule has 0 saturated carbocycles. The Morgan fingerprint density at radius 3 is 2.06 bits per heavy atom. The summed E-state index contributed by atoms with van der Waals surface area (Å²) in [6.07, 6.45) is 0. The van der Waals surface area contributed by atoms with E-state index in [1.165, 1.54) is 12.1 Å². The second-order valence-corrected chi connectivity index (χ2v) is 10.1. The summed E-state index contributed by atoms with van der Waals surface area (Å²) in [4.78, 5) is 13.0. The van der Waals surface area contributed by atoms with Gasteiger partial charge in [-0.15, -0.1) is 5.10 Å². The number of tetrazole rings is 1. The quantitative estimate of drug-likeness (QED) is 0.599. The van der Waals surface area contributed by atoms with Gasteiger partial charge in [0.15, 0.2) is 5.82 Å². The van der Waals surface area contributed by atoms with Crippen molar-refractivity contribution in [1.29, 1.82) is 0 Å². The van der Waals surface area contributed by atoms with Crippen LogP contribution in [0.5, 0.6) is 0 Å². The Kier molecular flexibility index (Phi) is 5.93. The number of carbonyl (C=O) groups is 1. The smallest absolute Gasteiger partial charge is 0.270 e. The lowest BCUT2D eigenvalue weighted by atomic mass is 9.95. The molecule has 3 aromatic rings. The number of amides is 1. The highest BCUT2D eigenvalue weighted by atomic mass is 19.3. The molecule has 1 heterocycles. The first-order chi connectivity index (χ1) is 14.6. The number of carbonyl (C=O) groups excluding carboxylic acids is 1. The molecule has 32 heavy (non-hydrogen) atoms. The summed E-state index contributed by atoms with van der Waals surface area (Å²) in [7, 11) is 0. The van der Waals surface area contributed by atoms with Crippen LogP contribution in [0.2, 0.25) is 0 Å². The molecule has 1 aromatic heterocycles. The second-order valence-electron chi connectivity index (χ2n) is 10.1. The van der Waals surface area contributed by atoms with E-state index in [0.29, 0.717) is 28.2 Å². The molecule has 0 saturated heterocycles. The molecule has 1 amide bonds. The first-order valence-corrected chi connectivity index (χ1v) is 10.4. The second kappa shape index (κ2) is 8.07. The van der Waals surface area contributed by atoms with Crippen LogP contribution in [0.3, 0.4) is 0 Å². The molecule has 0 spiro atoms. The van der Waals surface area contributed by atoms with Crippen molar-refractivity contribution in [3.63, 3.8) is 0 Å². The van der Waals surface area contributed by atoms with Crippen LogP contribution in [0.1, 0.15) is 70.2 Å². The maximum absolute atomic E-state index is 13.6. The van der Waals surface area contributed by atoms with Crippen molar-refractivity contribution >= 4 is 5.91 Å². The molecule has 8 heteroatoms. The maximum Gasteiger partial charge on any atom is 0.270 e. The van der Waals surface area contributed by atoms with Crippen LogP contribution >= 0.6 is 0 Å². The molecule has 0 aliphatic carbocycles. The number of halogens is 2. The molecule has 6 nitrogen and oxygen atoms in total. The Morgan fingerprint density at radius 2 is 1.53 bits per heavy atom. The van der Waals surface area contributed by atoms with Gasteiger partial charge in [-0.25, -0.2) is 8.78 Å². The molecule has 0 aliphatic heterocycles. The summed E-state index contributed by atoms with van der Waals surface area (Å²) in [5.41, 5.74) is 1.61. The Hall–Kier alpha value is -3.16. The average Bonchev–Trinajstić information content (AvgIpc) is 3.16. The Morgan fingerprint density at radius 1 is 0.906 bits per heavy atom. The molecule has 2 aromatic carbocycles. The average molecular weight is 442 g/mol. The van der Waals surface area contributed by atoms with Gasteiger partial charge < -0.3 is 5.32 Å². The fourth-order valence-corrected chi connectivity index (χ4v) is 3.23. The highest BCUT2D eigenvalue weighted by Crippen LogP contribution is 2.31. The van der Waals surface area contributed by atoms with Gasteiger partial charge in [0.2, 0.25) is 0 Å². The van der Waals surface area contributed by atoms with Gasteiger partial charge in [-0.2, -0.15) is 4.68 Å². The minimum absolute atomic E-state index is 0.0707. The van der Waals surface area contributed by atoms with Crippen molar-refractivity contribution in [3.05, 3.63) is 59.4 Å². The Bertz CT molecular complexity index is 1120. The largest absolute Gasteiger partial charge is 0.347 e. The number of benzene rings is 2. The van der Waals surface area contributed by atoms with Crippen molar-refractivity contribution in [3.8, 4) is 16.8 Å². The van der Waals surface area contributed by atoms with E-state index in [1.807, 2.05) is 47.6 Å². The molecule has 0 aliphatic rings. The summed E-state index contributed by atoms with van der Waals surface area (Å²) < 4.78 is 28.9. The van der Waals surface area contributed by atoms with Gasteiger partial charge in [0.05, 0.1) is 5.69 Å². The van der Waals surface area contributed by atoms with E-state index in [0.717, 1.165) is 6.92 Å². The first-order valence-electron chi connectivity index (χ1n) is 10.4. The third-order valence-electron chi connectivity index (χ3n) is 4.78. The van der Waals surface area contributed by atoms with E-state index in [2.05, 4.69) is 20.8 Å². The van der Waals surface area contributed by atoms with Crippen LogP contribution in [-0.4, -0.2) is 31.7 Å². The van der Waals surface area contributed by atoms with Gasteiger partial charge in [-0.3, -0.25) is 4.79 Å². The van der Waals surface area contributed by atoms with Crippen LogP contribution in [0.15, 0.2) is 42.5 Å². The third kappa shape index (κ3) is 5.36. The lowest BCUT2D eigenvalue weighted by Crippen LogP contribution is -2.40. The highest BCUT2D eigenvalue weighted by Gasteiger charge is 2.25. The molecule has 0 bridgehead atoms. The fraction of sp³-hybridized carbons (Fsp3) is 0.417. The molecule has 0 unspecified atom stereocenters. The van der Waals surface area contributed by atoms with Gasteiger partial charge in [0.25, 0.3) is 11.8 Å². The molecule has 3 rings (SSSR count). The number of nitrogens with zero attached hydrogens (tertiary/aromatic N) is 4. The van der Waals surface area contributed by atoms with E-state index < -0.39 is 11.5 Å². The Labute approximate surface area is 187 Å². The van der Waals surface area contributed by atoms with Crippen LogP contribution in [0.25, 0.3) is 16.8 Å². The number of hydrogen-bond donors (Lipinski definition) is 1. The van der Waals surface area contributed by atoms with Gasteiger partial charge >= 0.3 is 0 Å². The first kappa shape index (κ1) is 23.5. The summed E-state index contributed by atoms with van der Waals surface area (Å²) in [6.45, 7) is 12.6. The lowest BCUT2D eigenvalue weighted by molar-refractivity contribution is 0.0175. The lowest BCUT2D eigenvalue weighted by Gasteiger charge is -2.22. The fourth-order valence-electron chi connectivity index (χ4n) is 3.23. The van der Waals surface area contributed by atoms with Crippen molar-refractivity contribution < 1.29 is 13.6 Å². The topological polar surface area (TPSA) is 72.7 Å². The van der Waals surface area contributed by atoms with Crippen molar-refractivity contribution in [2.75, 3.05) is 0 Å².